The Hall–Kier alpha value is 0.270. The SMILES string of the molecule is CSCCCCN1CCCC2CNCC21. The molecule has 2 unspecified atom stereocenters. The Labute approximate surface area is 98.2 Å². The second-order valence-electron chi connectivity index (χ2n) is 4.86. The van der Waals surface area contributed by atoms with Gasteiger partial charge in [0.25, 0.3) is 0 Å². The van der Waals surface area contributed by atoms with Crippen molar-refractivity contribution in [2.75, 3.05) is 38.2 Å². The van der Waals surface area contributed by atoms with Crippen LogP contribution in [0.1, 0.15) is 25.7 Å². The van der Waals surface area contributed by atoms with Gasteiger partial charge in [0.2, 0.25) is 0 Å². The summed E-state index contributed by atoms with van der Waals surface area (Å²) in [5.74, 6) is 2.29. The van der Waals surface area contributed by atoms with Crippen molar-refractivity contribution in [1.29, 1.82) is 0 Å². The van der Waals surface area contributed by atoms with Crippen LogP contribution in [0.5, 0.6) is 0 Å². The van der Waals surface area contributed by atoms with Crippen LogP contribution < -0.4 is 5.32 Å². The largest absolute Gasteiger partial charge is 0.315 e. The fourth-order valence-corrected chi connectivity index (χ4v) is 3.50. The van der Waals surface area contributed by atoms with Crippen LogP contribution in [0.15, 0.2) is 0 Å². The zero-order valence-electron chi connectivity index (χ0n) is 9.87. The van der Waals surface area contributed by atoms with Gasteiger partial charge in [-0.3, -0.25) is 4.90 Å². The molecule has 0 saturated carbocycles. The van der Waals surface area contributed by atoms with Gasteiger partial charge >= 0.3 is 0 Å². The van der Waals surface area contributed by atoms with E-state index in [9.17, 15) is 0 Å². The molecule has 2 fully saturated rings. The highest BCUT2D eigenvalue weighted by Crippen LogP contribution is 2.26. The van der Waals surface area contributed by atoms with Gasteiger partial charge < -0.3 is 5.32 Å². The first-order valence-electron chi connectivity index (χ1n) is 6.35. The summed E-state index contributed by atoms with van der Waals surface area (Å²) in [4.78, 5) is 2.74. The van der Waals surface area contributed by atoms with Gasteiger partial charge in [-0.25, -0.2) is 0 Å². The fourth-order valence-electron chi connectivity index (χ4n) is 3.00. The van der Waals surface area contributed by atoms with Gasteiger partial charge in [-0.05, 0) is 63.2 Å². The van der Waals surface area contributed by atoms with Crippen LogP contribution in [0.3, 0.4) is 0 Å². The van der Waals surface area contributed by atoms with Crippen LogP contribution >= 0.6 is 11.8 Å². The van der Waals surface area contributed by atoms with Crippen molar-refractivity contribution in [2.24, 2.45) is 5.92 Å². The Morgan fingerprint density at radius 3 is 3.13 bits per heavy atom. The highest BCUT2D eigenvalue weighted by molar-refractivity contribution is 7.98. The minimum atomic E-state index is 0.869. The molecule has 2 atom stereocenters. The smallest absolute Gasteiger partial charge is 0.0260 e. The average Bonchev–Trinajstić information content (AvgIpc) is 2.73. The van der Waals surface area contributed by atoms with Crippen LogP contribution in [0.25, 0.3) is 0 Å². The minimum Gasteiger partial charge on any atom is -0.315 e. The third-order valence-electron chi connectivity index (χ3n) is 3.84. The number of hydrogen-bond donors (Lipinski definition) is 1. The highest BCUT2D eigenvalue weighted by Gasteiger charge is 2.34. The van der Waals surface area contributed by atoms with Crippen LogP contribution in [-0.4, -0.2) is 49.1 Å². The van der Waals surface area contributed by atoms with Gasteiger partial charge in [-0.1, -0.05) is 0 Å². The molecule has 0 radical (unpaired) electrons. The molecule has 0 aliphatic carbocycles. The molecule has 0 spiro atoms. The average molecular weight is 228 g/mol. The maximum atomic E-state index is 3.55. The molecule has 3 heteroatoms. The first kappa shape index (κ1) is 11.7. The van der Waals surface area contributed by atoms with E-state index in [1.54, 1.807) is 0 Å². The quantitative estimate of drug-likeness (QED) is 0.723. The summed E-state index contributed by atoms with van der Waals surface area (Å²) < 4.78 is 0. The first-order valence-corrected chi connectivity index (χ1v) is 7.75. The van der Waals surface area contributed by atoms with E-state index in [-0.39, 0.29) is 0 Å². The molecule has 0 aromatic heterocycles. The molecule has 0 amide bonds. The van der Waals surface area contributed by atoms with E-state index >= 15 is 0 Å². The summed E-state index contributed by atoms with van der Waals surface area (Å²) in [5.41, 5.74) is 0. The number of nitrogens with zero attached hydrogens (tertiary/aromatic N) is 1. The number of likely N-dealkylation sites (tertiary alicyclic amines) is 1. The number of fused-ring (bicyclic) bond motifs is 1. The summed E-state index contributed by atoms with van der Waals surface area (Å²) in [6.45, 7) is 5.20. The van der Waals surface area contributed by atoms with Crippen molar-refractivity contribution in [3.8, 4) is 0 Å². The van der Waals surface area contributed by atoms with Crippen LogP contribution in [0.2, 0.25) is 0 Å². The normalized spacial score (nSPS) is 31.8. The van der Waals surface area contributed by atoms with Crippen LogP contribution in [0, 0.1) is 5.92 Å². The maximum Gasteiger partial charge on any atom is 0.0260 e. The monoisotopic (exact) mass is 228 g/mol. The Balaban J connectivity index is 1.71. The number of piperidine rings is 1. The van der Waals surface area contributed by atoms with Crippen molar-refractivity contribution < 1.29 is 0 Å². The second-order valence-corrected chi connectivity index (χ2v) is 5.85. The van der Waals surface area contributed by atoms with Crippen molar-refractivity contribution in [3.63, 3.8) is 0 Å². The van der Waals surface area contributed by atoms with Crippen LogP contribution in [-0.2, 0) is 0 Å². The third kappa shape index (κ3) is 3.11. The molecule has 88 valence electrons. The molecule has 0 bridgehead atoms. The Bertz CT molecular complexity index is 186. The third-order valence-corrected chi connectivity index (χ3v) is 4.53. The number of rotatable bonds is 5. The van der Waals surface area contributed by atoms with Gasteiger partial charge in [0, 0.05) is 12.6 Å². The van der Waals surface area contributed by atoms with E-state index in [4.69, 9.17) is 0 Å². The van der Waals surface area contributed by atoms with Gasteiger partial charge in [0.05, 0.1) is 0 Å². The summed E-state index contributed by atoms with van der Waals surface area (Å²) >= 11 is 1.98. The fraction of sp³-hybridized carbons (Fsp3) is 1.00. The zero-order chi connectivity index (χ0) is 10.5. The molecule has 2 saturated heterocycles. The standard InChI is InChI=1S/C12H24N2S/c1-15-8-3-2-6-14-7-4-5-11-9-13-10-12(11)14/h11-13H,2-10H2,1H3. The number of nitrogens with one attached hydrogen (secondary N) is 1. The molecule has 2 aliphatic rings. The van der Waals surface area contributed by atoms with Crippen LogP contribution in [0.4, 0.5) is 0 Å². The molecule has 2 heterocycles. The molecule has 2 nitrogen and oxygen atoms in total. The van der Waals surface area contributed by atoms with Gasteiger partial charge in [-0.15, -0.1) is 0 Å². The predicted molar refractivity (Wildman–Crippen MR) is 68.6 cm³/mol. The number of hydrogen-bond acceptors (Lipinski definition) is 3. The number of thioether (sulfide) groups is 1. The molecule has 2 aliphatic heterocycles. The Kier molecular flexibility index (Phi) is 4.79. The van der Waals surface area contributed by atoms with E-state index in [0.717, 1.165) is 12.0 Å². The summed E-state index contributed by atoms with van der Waals surface area (Å²) in [5, 5.41) is 3.55. The van der Waals surface area contributed by atoms with E-state index in [1.165, 1.54) is 57.6 Å². The Morgan fingerprint density at radius 2 is 2.27 bits per heavy atom. The van der Waals surface area contributed by atoms with E-state index in [1.807, 2.05) is 11.8 Å². The minimum absolute atomic E-state index is 0.869. The predicted octanol–water partition coefficient (Wildman–Crippen LogP) is 1.81. The first-order chi connectivity index (χ1) is 7.42. The molecule has 1 N–H and O–H groups in total. The second kappa shape index (κ2) is 6.12. The summed E-state index contributed by atoms with van der Waals surface area (Å²) in [7, 11) is 0. The van der Waals surface area contributed by atoms with Gasteiger partial charge in [0.15, 0.2) is 0 Å². The van der Waals surface area contributed by atoms with Crippen molar-refractivity contribution >= 4 is 11.8 Å². The van der Waals surface area contributed by atoms with Crippen molar-refractivity contribution in [1.82, 2.24) is 10.2 Å². The lowest BCUT2D eigenvalue weighted by atomic mass is 9.92. The molecule has 2 rings (SSSR count). The lowest BCUT2D eigenvalue weighted by molar-refractivity contribution is 0.123. The van der Waals surface area contributed by atoms with Crippen molar-refractivity contribution in [3.05, 3.63) is 0 Å². The number of unbranched alkanes of at least 4 members (excludes halogenated alkanes) is 1. The highest BCUT2D eigenvalue weighted by atomic mass is 32.2. The van der Waals surface area contributed by atoms with E-state index in [0.29, 0.717) is 0 Å². The van der Waals surface area contributed by atoms with E-state index in [2.05, 4.69) is 16.5 Å². The maximum absolute atomic E-state index is 3.55. The van der Waals surface area contributed by atoms with Gasteiger partial charge in [-0.2, -0.15) is 11.8 Å². The summed E-state index contributed by atoms with van der Waals surface area (Å²) in [6.07, 6.45) is 7.87. The summed E-state index contributed by atoms with van der Waals surface area (Å²) in [6, 6.07) is 0.869. The van der Waals surface area contributed by atoms with Crippen molar-refractivity contribution in [2.45, 2.75) is 31.7 Å². The van der Waals surface area contributed by atoms with Gasteiger partial charge in [0.1, 0.15) is 0 Å². The molecule has 0 aromatic carbocycles. The lowest BCUT2D eigenvalue weighted by Gasteiger charge is -2.37. The topological polar surface area (TPSA) is 15.3 Å². The molecule has 0 aromatic rings. The molecule has 15 heavy (non-hydrogen) atoms. The zero-order valence-corrected chi connectivity index (χ0v) is 10.7. The van der Waals surface area contributed by atoms with E-state index < -0.39 is 0 Å². The molecular formula is C12H24N2S. The lowest BCUT2D eigenvalue weighted by Crippen LogP contribution is -2.45. The molecular weight excluding hydrogens is 204 g/mol. The Morgan fingerprint density at radius 1 is 1.33 bits per heavy atom.